The highest BCUT2D eigenvalue weighted by Gasteiger charge is 2.09. The molecule has 0 amide bonds. The van der Waals surface area contributed by atoms with Gasteiger partial charge >= 0.3 is 0 Å². The summed E-state index contributed by atoms with van der Waals surface area (Å²) in [5.41, 5.74) is 2.96. The number of nitrogens with one attached hydrogen (secondary N) is 3. The van der Waals surface area contributed by atoms with E-state index in [1.54, 1.807) is 6.07 Å². The number of H-pyrrole nitrogens is 2. The fraction of sp³-hybridized carbons (Fsp3) is 0.211. The normalized spacial score (nSPS) is 11.3. The molecule has 2 heterocycles. The van der Waals surface area contributed by atoms with Crippen LogP contribution in [0.15, 0.2) is 42.5 Å². The zero-order valence-electron chi connectivity index (χ0n) is 14.3. The van der Waals surface area contributed by atoms with Crippen LogP contribution < -0.4 is 10.2 Å². The van der Waals surface area contributed by atoms with E-state index in [9.17, 15) is 0 Å². The first-order valence-corrected chi connectivity index (χ1v) is 9.23. The Bertz CT molecular complexity index is 1020. The third kappa shape index (κ3) is 3.45. The molecular weight excluding hydrogens is 369 g/mol. The predicted octanol–water partition coefficient (Wildman–Crippen LogP) is 5.29. The highest BCUT2D eigenvalue weighted by atomic mass is 35.5. The second-order valence-electron chi connectivity index (χ2n) is 6.31. The third-order valence-electron chi connectivity index (χ3n) is 4.40. The van der Waals surface area contributed by atoms with Crippen molar-refractivity contribution in [2.75, 3.05) is 30.4 Å². The summed E-state index contributed by atoms with van der Waals surface area (Å²) in [6.07, 6.45) is 0.970. The lowest BCUT2D eigenvalue weighted by Crippen LogP contribution is -2.21. The molecule has 4 aromatic rings. The highest BCUT2D eigenvalue weighted by molar-refractivity contribution is 6.38. The summed E-state index contributed by atoms with van der Waals surface area (Å²) in [4.78, 5) is 13.3. The van der Waals surface area contributed by atoms with Crippen LogP contribution in [0.4, 0.5) is 11.8 Å². The summed E-state index contributed by atoms with van der Waals surface area (Å²) in [6.45, 7) is 1.72. The number of rotatable bonds is 6. The van der Waals surface area contributed by atoms with Gasteiger partial charge in [0, 0.05) is 36.1 Å². The Kier molecular flexibility index (Phi) is 4.66. The van der Waals surface area contributed by atoms with Gasteiger partial charge in [-0.1, -0.05) is 35.3 Å². The molecular formula is C19H19Cl2N5. The van der Waals surface area contributed by atoms with Crippen LogP contribution in [0.5, 0.6) is 0 Å². The first-order chi connectivity index (χ1) is 12.6. The van der Waals surface area contributed by atoms with Crippen molar-refractivity contribution in [3.63, 3.8) is 0 Å². The van der Waals surface area contributed by atoms with E-state index in [0.717, 1.165) is 53.2 Å². The maximum atomic E-state index is 6.27. The van der Waals surface area contributed by atoms with Crippen LogP contribution >= 0.6 is 23.2 Å². The van der Waals surface area contributed by atoms with Gasteiger partial charge in [0.1, 0.15) is 5.82 Å². The highest BCUT2D eigenvalue weighted by Crippen LogP contribution is 2.30. The number of fused-ring (bicyclic) bond motifs is 2. The number of hydrogen-bond donors (Lipinski definition) is 3. The Hall–Kier alpha value is -2.37. The molecule has 0 saturated heterocycles. The Balaban J connectivity index is 1.35. The van der Waals surface area contributed by atoms with Crippen molar-refractivity contribution in [2.24, 2.45) is 0 Å². The second-order valence-corrected chi connectivity index (χ2v) is 7.15. The molecule has 0 aliphatic rings. The van der Waals surface area contributed by atoms with Gasteiger partial charge in [0.05, 0.1) is 16.1 Å². The van der Waals surface area contributed by atoms with E-state index in [0.29, 0.717) is 10.0 Å². The summed E-state index contributed by atoms with van der Waals surface area (Å²) in [5, 5.41) is 5.62. The average molecular weight is 388 g/mol. The minimum atomic E-state index is 0.633. The van der Waals surface area contributed by atoms with Gasteiger partial charge in [-0.25, -0.2) is 4.98 Å². The molecule has 3 N–H and O–H groups in total. The maximum absolute atomic E-state index is 6.27. The molecule has 2 aromatic heterocycles. The zero-order valence-corrected chi connectivity index (χ0v) is 15.8. The van der Waals surface area contributed by atoms with Crippen LogP contribution in [0.2, 0.25) is 10.0 Å². The third-order valence-corrected chi connectivity index (χ3v) is 4.93. The van der Waals surface area contributed by atoms with Gasteiger partial charge in [-0.2, -0.15) is 0 Å². The largest absolute Gasteiger partial charge is 0.361 e. The summed E-state index contributed by atoms with van der Waals surface area (Å²) in [7, 11) is 2.06. The number of anilines is 2. The summed E-state index contributed by atoms with van der Waals surface area (Å²) >= 11 is 12.3. The molecule has 0 saturated carbocycles. The zero-order chi connectivity index (χ0) is 18.1. The number of para-hydroxylation sites is 2. The minimum Gasteiger partial charge on any atom is -0.361 e. The Morgan fingerprint density at radius 1 is 1.08 bits per heavy atom. The van der Waals surface area contributed by atoms with Crippen LogP contribution in [0.3, 0.4) is 0 Å². The number of aromatic nitrogens is 3. The molecule has 134 valence electrons. The van der Waals surface area contributed by atoms with Crippen LogP contribution in [0, 0.1) is 0 Å². The predicted molar refractivity (Wildman–Crippen MR) is 111 cm³/mol. The Labute approximate surface area is 161 Å². The van der Waals surface area contributed by atoms with Crippen LogP contribution in [-0.4, -0.2) is 35.1 Å². The van der Waals surface area contributed by atoms with E-state index in [-0.39, 0.29) is 0 Å². The van der Waals surface area contributed by atoms with Crippen molar-refractivity contribution in [1.29, 1.82) is 0 Å². The van der Waals surface area contributed by atoms with Gasteiger partial charge in [-0.3, -0.25) is 0 Å². The lowest BCUT2D eigenvalue weighted by atomic mass is 10.2. The topological polar surface area (TPSA) is 59.7 Å². The number of nitrogens with zero attached hydrogens (tertiary/aromatic N) is 2. The molecule has 0 unspecified atom stereocenters. The van der Waals surface area contributed by atoms with Crippen molar-refractivity contribution < 1.29 is 0 Å². The molecule has 0 atom stereocenters. The van der Waals surface area contributed by atoms with Crippen molar-refractivity contribution in [1.82, 2.24) is 15.0 Å². The van der Waals surface area contributed by atoms with Crippen molar-refractivity contribution >= 4 is 56.9 Å². The van der Waals surface area contributed by atoms with Gasteiger partial charge in [0.25, 0.3) is 0 Å². The fourth-order valence-electron chi connectivity index (χ4n) is 3.03. The Morgan fingerprint density at radius 3 is 2.77 bits per heavy atom. The number of aromatic amines is 2. The second kappa shape index (κ2) is 7.09. The van der Waals surface area contributed by atoms with E-state index >= 15 is 0 Å². The number of benzene rings is 2. The molecule has 0 aliphatic carbocycles. The van der Waals surface area contributed by atoms with Gasteiger partial charge < -0.3 is 20.2 Å². The lowest BCUT2D eigenvalue weighted by molar-refractivity contribution is 0.806. The lowest BCUT2D eigenvalue weighted by Gasteiger charge is -2.17. The maximum Gasteiger partial charge on any atom is 0.201 e. The number of imidazole rings is 1. The van der Waals surface area contributed by atoms with Crippen LogP contribution in [-0.2, 0) is 0 Å². The van der Waals surface area contributed by atoms with Crippen molar-refractivity contribution in [2.45, 2.75) is 6.42 Å². The molecule has 2 aromatic carbocycles. The molecule has 0 aliphatic heterocycles. The van der Waals surface area contributed by atoms with Crippen molar-refractivity contribution in [3.05, 3.63) is 52.5 Å². The summed E-state index contributed by atoms with van der Waals surface area (Å²) in [5.74, 6) is 1.83. The molecule has 4 rings (SSSR count). The smallest absolute Gasteiger partial charge is 0.201 e. The number of hydrogen-bond acceptors (Lipinski definition) is 3. The first kappa shape index (κ1) is 17.1. The van der Waals surface area contributed by atoms with Gasteiger partial charge in [-0.05, 0) is 36.8 Å². The van der Waals surface area contributed by atoms with E-state index in [2.05, 4.69) is 38.3 Å². The van der Waals surface area contributed by atoms with Crippen LogP contribution in [0.25, 0.3) is 21.9 Å². The van der Waals surface area contributed by atoms with E-state index in [4.69, 9.17) is 23.2 Å². The fourth-order valence-corrected chi connectivity index (χ4v) is 3.58. The molecule has 0 fully saturated rings. The first-order valence-electron chi connectivity index (χ1n) is 8.48. The molecule has 0 spiro atoms. The molecule has 0 bridgehead atoms. The summed E-state index contributed by atoms with van der Waals surface area (Å²) in [6, 6.07) is 13.7. The monoisotopic (exact) mass is 387 g/mol. The molecule has 0 radical (unpaired) electrons. The van der Waals surface area contributed by atoms with Crippen molar-refractivity contribution in [3.8, 4) is 0 Å². The van der Waals surface area contributed by atoms with E-state index in [1.165, 1.54) is 0 Å². The summed E-state index contributed by atoms with van der Waals surface area (Å²) < 4.78 is 0. The van der Waals surface area contributed by atoms with Gasteiger partial charge in [0.15, 0.2) is 0 Å². The molecule has 5 nitrogen and oxygen atoms in total. The minimum absolute atomic E-state index is 0.633. The van der Waals surface area contributed by atoms with E-state index in [1.807, 2.05) is 30.3 Å². The van der Waals surface area contributed by atoms with E-state index < -0.39 is 0 Å². The van der Waals surface area contributed by atoms with Gasteiger partial charge in [0.2, 0.25) is 5.95 Å². The van der Waals surface area contributed by atoms with Crippen LogP contribution in [0.1, 0.15) is 6.42 Å². The average Bonchev–Trinajstić information content (AvgIpc) is 3.22. The quantitative estimate of drug-likeness (QED) is 0.394. The standard InChI is InChI=1S/C19H19Cl2N5/c1-26(18-11-13-14(21)9-12(20)10-17(13)23-18)8-4-7-22-19-24-15-5-2-3-6-16(15)25-19/h2-3,5-6,9-11,23H,4,7-8H2,1H3,(H2,22,24,25). The molecule has 26 heavy (non-hydrogen) atoms. The Morgan fingerprint density at radius 2 is 1.92 bits per heavy atom. The number of halogens is 2. The van der Waals surface area contributed by atoms with Gasteiger partial charge in [-0.15, -0.1) is 0 Å². The molecule has 7 heteroatoms. The SMILES string of the molecule is CN(CCCNc1nc2ccccc2[nH]1)c1cc2c(Cl)cc(Cl)cc2[nH]1.